The van der Waals surface area contributed by atoms with Gasteiger partial charge in [0.2, 0.25) is 11.8 Å². The average molecular weight is 443 g/mol. The summed E-state index contributed by atoms with van der Waals surface area (Å²) in [5.74, 6) is -0.128. The predicted molar refractivity (Wildman–Crippen MR) is 126 cm³/mol. The lowest BCUT2D eigenvalue weighted by atomic mass is 9.72. The number of nitrogens with one attached hydrogen (secondary N) is 2. The van der Waals surface area contributed by atoms with E-state index in [1.54, 1.807) is 30.3 Å². The van der Waals surface area contributed by atoms with Crippen molar-refractivity contribution in [3.63, 3.8) is 0 Å². The number of carbonyl (C=O) groups is 3. The summed E-state index contributed by atoms with van der Waals surface area (Å²) in [6.07, 6.45) is 1.39. The number of imide groups is 1. The van der Waals surface area contributed by atoms with Crippen LogP contribution in [0.1, 0.15) is 47.7 Å². The Morgan fingerprint density at radius 1 is 1.00 bits per heavy atom. The van der Waals surface area contributed by atoms with Crippen molar-refractivity contribution in [3.05, 3.63) is 95.6 Å². The van der Waals surface area contributed by atoms with E-state index in [2.05, 4.69) is 10.6 Å². The lowest BCUT2D eigenvalue weighted by Crippen LogP contribution is -2.51. The monoisotopic (exact) mass is 442 g/mol. The van der Waals surface area contributed by atoms with Crippen LogP contribution in [-0.2, 0) is 21.6 Å². The number of amides is 3. The van der Waals surface area contributed by atoms with Gasteiger partial charge in [-0.15, -0.1) is 0 Å². The molecule has 1 heterocycles. The van der Waals surface area contributed by atoms with E-state index in [0.29, 0.717) is 42.9 Å². The van der Waals surface area contributed by atoms with E-state index in [1.165, 1.54) is 0 Å². The number of ether oxygens (including phenoxy) is 1. The van der Waals surface area contributed by atoms with Gasteiger partial charge in [0.25, 0.3) is 5.91 Å². The van der Waals surface area contributed by atoms with Crippen molar-refractivity contribution >= 4 is 23.4 Å². The standard InChI is InChI=1S/C27H26N2O4/c1-2-27(16-15-24(30)29-26(27)32)21-11-13-22(14-12-21)28-25(31)20-9-6-10-23(17-20)33-18-19-7-4-3-5-8-19/h3-14,17H,2,15-16,18H2,1H3,(H,28,31)(H,29,30,32). The molecule has 0 bridgehead atoms. The van der Waals surface area contributed by atoms with E-state index in [4.69, 9.17) is 4.74 Å². The van der Waals surface area contributed by atoms with E-state index in [-0.39, 0.29) is 17.7 Å². The maximum absolute atomic E-state index is 12.8. The van der Waals surface area contributed by atoms with E-state index in [9.17, 15) is 14.4 Å². The molecule has 1 atom stereocenters. The Hall–Kier alpha value is -3.93. The molecule has 3 amide bonds. The number of benzene rings is 3. The summed E-state index contributed by atoms with van der Waals surface area (Å²) in [4.78, 5) is 36.9. The molecular weight excluding hydrogens is 416 g/mol. The molecule has 6 nitrogen and oxygen atoms in total. The fraction of sp³-hybridized carbons (Fsp3) is 0.222. The third kappa shape index (κ3) is 4.95. The van der Waals surface area contributed by atoms with Crippen LogP contribution < -0.4 is 15.4 Å². The molecule has 0 aromatic heterocycles. The Labute approximate surface area is 193 Å². The summed E-state index contributed by atoms with van der Waals surface area (Å²) in [5, 5.41) is 5.34. The highest BCUT2D eigenvalue weighted by atomic mass is 16.5. The highest BCUT2D eigenvalue weighted by Crippen LogP contribution is 2.36. The largest absolute Gasteiger partial charge is 0.489 e. The van der Waals surface area contributed by atoms with Gasteiger partial charge in [-0.2, -0.15) is 0 Å². The minimum Gasteiger partial charge on any atom is -0.489 e. The van der Waals surface area contributed by atoms with Gasteiger partial charge < -0.3 is 10.1 Å². The summed E-state index contributed by atoms with van der Waals surface area (Å²) in [5.41, 5.74) is 2.27. The predicted octanol–water partition coefficient (Wildman–Crippen LogP) is 4.60. The van der Waals surface area contributed by atoms with Crippen molar-refractivity contribution in [3.8, 4) is 5.75 Å². The molecule has 1 fully saturated rings. The Morgan fingerprint density at radius 2 is 1.76 bits per heavy atom. The van der Waals surface area contributed by atoms with Gasteiger partial charge in [0.1, 0.15) is 12.4 Å². The fourth-order valence-electron chi connectivity index (χ4n) is 4.11. The van der Waals surface area contributed by atoms with E-state index in [1.807, 2.05) is 55.5 Å². The van der Waals surface area contributed by atoms with Crippen LogP contribution in [0.15, 0.2) is 78.9 Å². The first-order chi connectivity index (χ1) is 16.0. The fourth-order valence-corrected chi connectivity index (χ4v) is 4.11. The van der Waals surface area contributed by atoms with Gasteiger partial charge in [0.15, 0.2) is 0 Å². The molecule has 0 radical (unpaired) electrons. The minimum atomic E-state index is -0.721. The Kier molecular flexibility index (Phi) is 6.54. The number of piperidine rings is 1. The SMILES string of the molecule is CCC1(c2ccc(NC(=O)c3cccc(OCc4ccccc4)c3)cc2)CCC(=O)NC1=O. The number of hydrogen-bond donors (Lipinski definition) is 2. The van der Waals surface area contributed by atoms with Crippen LogP contribution in [0, 0.1) is 0 Å². The molecule has 0 aliphatic carbocycles. The molecule has 1 aliphatic rings. The summed E-state index contributed by atoms with van der Waals surface area (Å²) in [6.45, 7) is 2.36. The molecule has 1 aliphatic heterocycles. The summed E-state index contributed by atoms with van der Waals surface area (Å²) in [7, 11) is 0. The van der Waals surface area contributed by atoms with E-state index >= 15 is 0 Å². The van der Waals surface area contributed by atoms with E-state index < -0.39 is 5.41 Å². The van der Waals surface area contributed by atoms with Gasteiger partial charge in [-0.1, -0.05) is 55.5 Å². The van der Waals surface area contributed by atoms with Crippen molar-refractivity contribution < 1.29 is 19.1 Å². The molecule has 168 valence electrons. The summed E-state index contributed by atoms with van der Waals surface area (Å²) < 4.78 is 5.82. The lowest BCUT2D eigenvalue weighted by molar-refractivity contribution is -0.138. The third-order valence-corrected chi connectivity index (χ3v) is 6.11. The van der Waals surface area contributed by atoms with Crippen molar-refractivity contribution in [1.82, 2.24) is 5.32 Å². The first-order valence-corrected chi connectivity index (χ1v) is 11.0. The molecule has 4 rings (SSSR count). The molecule has 2 N–H and O–H groups in total. The summed E-state index contributed by atoms with van der Waals surface area (Å²) >= 11 is 0. The van der Waals surface area contributed by atoms with Crippen molar-refractivity contribution in [2.45, 2.75) is 38.2 Å². The first-order valence-electron chi connectivity index (χ1n) is 11.0. The zero-order chi connectivity index (χ0) is 23.3. The molecule has 33 heavy (non-hydrogen) atoms. The smallest absolute Gasteiger partial charge is 0.255 e. The molecule has 0 saturated carbocycles. The zero-order valence-electron chi connectivity index (χ0n) is 18.5. The van der Waals surface area contributed by atoms with Gasteiger partial charge in [0.05, 0.1) is 5.41 Å². The third-order valence-electron chi connectivity index (χ3n) is 6.11. The van der Waals surface area contributed by atoms with Crippen LogP contribution in [0.4, 0.5) is 5.69 Å². The second-order valence-corrected chi connectivity index (χ2v) is 8.15. The van der Waals surface area contributed by atoms with Crippen molar-refractivity contribution in [2.24, 2.45) is 0 Å². The second kappa shape index (κ2) is 9.69. The maximum Gasteiger partial charge on any atom is 0.255 e. The number of rotatable bonds is 7. The minimum absolute atomic E-state index is 0.233. The number of carbonyl (C=O) groups excluding carboxylic acids is 3. The van der Waals surface area contributed by atoms with Crippen molar-refractivity contribution in [2.75, 3.05) is 5.32 Å². The molecule has 3 aromatic carbocycles. The Bertz CT molecular complexity index is 1160. The molecule has 6 heteroatoms. The zero-order valence-corrected chi connectivity index (χ0v) is 18.5. The Balaban J connectivity index is 1.42. The van der Waals surface area contributed by atoms with Crippen LogP contribution in [0.2, 0.25) is 0 Å². The number of anilines is 1. The topological polar surface area (TPSA) is 84.5 Å². The lowest BCUT2D eigenvalue weighted by Gasteiger charge is -2.35. The molecule has 0 spiro atoms. The highest BCUT2D eigenvalue weighted by Gasteiger charge is 2.42. The number of hydrogen-bond acceptors (Lipinski definition) is 4. The Morgan fingerprint density at radius 3 is 2.45 bits per heavy atom. The maximum atomic E-state index is 12.8. The van der Waals surface area contributed by atoms with Gasteiger partial charge in [-0.25, -0.2) is 0 Å². The summed E-state index contributed by atoms with van der Waals surface area (Å²) in [6, 6.07) is 24.1. The van der Waals surface area contributed by atoms with Crippen LogP contribution >= 0.6 is 0 Å². The molecular formula is C27H26N2O4. The average Bonchev–Trinajstić information content (AvgIpc) is 2.85. The molecule has 1 saturated heterocycles. The molecule has 3 aromatic rings. The normalized spacial score (nSPS) is 17.8. The second-order valence-electron chi connectivity index (χ2n) is 8.15. The quantitative estimate of drug-likeness (QED) is 0.524. The van der Waals surface area contributed by atoms with Crippen LogP contribution in [0.5, 0.6) is 5.75 Å². The van der Waals surface area contributed by atoms with Gasteiger partial charge in [-0.05, 0) is 54.3 Å². The highest BCUT2D eigenvalue weighted by molar-refractivity contribution is 6.05. The van der Waals surface area contributed by atoms with Crippen LogP contribution in [0.3, 0.4) is 0 Å². The van der Waals surface area contributed by atoms with Crippen LogP contribution in [-0.4, -0.2) is 17.7 Å². The van der Waals surface area contributed by atoms with Gasteiger partial charge in [0, 0.05) is 17.7 Å². The van der Waals surface area contributed by atoms with Crippen molar-refractivity contribution in [1.29, 1.82) is 0 Å². The van der Waals surface area contributed by atoms with Gasteiger partial charge >= 0.3 is 0 Å². The van der Waals surface area contributed by atoms with E-state index in [0.717, 1.165) is 11.1 Å². The molecule has 1 unspecified atom stereocenters. The van der Waals surface area contributed by atoms with Crippen LogP contribution in [0.25, 0.3) is 0 Å². The van der Waals surface area contributed by atoms with Gasteiger partial charge in [-0.3, -0.25) is 19.7 Å². The first kappa shape index (κ1) is 22.3.